The molecule has 0 aliphatic rings. The minimum atomic E-state index is -3.46. The summed E-state index contributed by atoms with van der Waals surface area (Å²) in [4.78, 5) is 8.36. The Labute approximate surface area is 189 Å². The van der Waals surface area contributed by atoms with Crippen LogP contribution in [-0.2, 0) is 5.92 Å². The smallest absolute Gasteiger partial charge is 0.333 e. The second-order valence-corrected chi connectivity index (χ2v) is 7.80. The van der Waals surface area contributed by atoms with Crippen LogP contribution in [0.4, 0.5) is 20.3 Å². The number of anilines is 2. The van der Waals surface area contributed by atoms with Crippen LogP contribution in [0.2, 0.25) is 0 Å². The summed E-state index contributed by atoms with van der Waals surface area (Å²) in [5.41, 5.74) is 1.19. The molecule has 5 aromatic rings. The van der Waals surface area contributed by atoms with Gasteiger partial charge in [0.2, 0.25) is 5.82 Å². The Morgan fingerprint density at radius 1 is 0.875 bits per heavy atom. The van der Waals surface area contributed by atoms with Crippen LogP contribution < -0.4 is 5.32 Å². The lowest BCUT2D eigenvalue weighted by Gasteiger charge is -2.15. The summed E-state index contributed by atoms with van der Waals surface area (Å²) in [6, 6.07) is 18.4. The summed E-state index contributed by atoms with van der Waals surface area (Å²) in [5, 5.41) is 15.0. The first-order valence-electron chi connectivity index (χ1n) is 9.52. The van der Waals surface area contributed by atoms with Crippen molar-refractivity contribution in [2.75, 3.05) is 5.32 Å². The third-order valence-corrected chi connectivity index (χ3v) is 5.10. The first kappa shape index (κ1) is 20.1. The van der Waals surface area contributed by atoms with Gasteiger partial charge >= 0.3 is 5.92 Å². The highest BCUT2D eigenvalue weighted by Crippen LogP contribution is 2.36. The number of hydrogen-bond acceptors (Lipinski definition) is 6. The van der Waals surface area contributed by atoms with Gasteiger partial charge in [-0.15, -0.1) is 15.3 Å². The van der Waals surface area contributed by atoms with E-state index in [1.54, 1.807) is 30.6 Å². The summed E-state index contributed by atoms with van der Waals surface area (Å²) in [7, 11) is 0. The monoisotopic (exact) mass is 493 g/mol. The second-order valence-electron chi connectivity index (χ2n) is 6.88. The van der Waals surface area contributed by atoms with Gasteiger partial charge in [0.25, 0.3) is 0 Å². The maximum absolute atomic E-state index is 15.5. The molecule has 10 heteroatoms. The summed E-state index contributed by atoms with van der Waals surface area (Å²) in [6.07, 6.45) is 3.12. The van der Waals surface area contributed by atoms with Gasteiger partial charge in [0, 0.05) is 29.2 Å². The number of hydrogen-bond donors (Lipinski definition) is 1. The molecule has 158 valence electrons. The molecule has 0 saturated heterocycles. The molecule has 0 saturated carbocycles. The number of para-hydroxylation sites is 1. The average Bonchev–Trinajstić information content (AvgIpc) is 3.24. The summed E-state index contributed by atoms with van der Waals surface area (Å²) < 4.78 is 32.8. The Hall–Kier alpha value is -3.79. The zero-order valence-electron chi connectivity index (χ0n) is 16.3. The second kappa shape index (κ2) is 8.04. The number of halogens is 3. The first-order valence-corrected chi connectivity index (χ1v) is 10.3. The van der Waals surface area contributed by atoms with Crippen LogP contribution in [0.1, 0.15) is 11.4 Å². The maximum Gasteiger partial charge on any atom is 0.333 e. The standard InChI is InChI=1S/C22H14BrF2N7/c23-16-12-26-20(27-13-16)14-5-4-6-15(11-14)22(24,25)21-30-29-19-10-9-18(31-32(19)21)28-17-7-2-1-3-8-17/h1-13H,(H,28,31). The number of rotatable bonds is 5. The van der Waals surface area contributed by atoms with Gasteiger partial charge in [-0.1, -0.05) is 36.4 Å². The predicted molar refractivity (Wildman–Crippen MR) is 119 cm³/mol. The minimum absolute atomic E-state index is 0.214. The zero-order valence-corrected chi connectivity index (χ0v) is 17.9. The number of nitrogens with one attached hydrogen (secondary N) is 1. The van der Waals surface area contributed by atoms with Gasteiger partial charge in [-0.2, -0.15) is 13.3 Å². The highest BCUT2D eigenvalue weighted by Gasteiger charge is 2.40. The highest BCUT2D eigenvalue weighted by atomic mass is 79.9. The lowest BCUT2D eigenvalue weighted by atomic mass is 10.0. The fourth-order valence-electron chi connectivity index (χ4n) is 3.16. The van der Waals surface area contributed by atoms with Gasteiger partial charge in [-0.3, -0.25) is 0 Å². The van der Waals surface area contributed by atoms with Crippen LogP contribution in [0, 0.1) is 0 Å². The van der Waals surface area contributed by atoms with Gasteiger partial charge < -0.3 is 5.32 Å². The van der Waals surface area contributed by atoms with Crippen molar-refractivity contribution in [3.05, 3.63) is 95.0 Å². The molecule has 0 radical (unpaired) electrons. The van der Waals surface area contributed by atoms with Crippen molar-refractivity contribution in [1.29, 1.82) is 0 Å². The molecular formula is C22H14BrF2N7. The molecule has 3 aromatic heterocycles. The van der Waals surface area contributed by atoms with Crippen LogP contribution in [0.15, 0.2) is 83.6 Å². The lowest BCUT2D eigenvalue weighted by molar-refractivity contribution is 0.0307. The largest absolute Gasteiger partial charge is 0.339 e. The topological polar surface area (TPSA) is 80.9 Å². The maximum atomic E-state index is 15.5. The van der Waals surface area contributed by atoms with Gasteiger partial charge in [0.15, 0.2) is 17.3 Å². The van der Waals surface area contributed by atoms with Crippen molar-refractivity contribution < 1.29 is 8.78 Å². The van der Waals surface area contributed by atoms with Crippen LogP contribution in [0.3, 0.4) is 0 Å². The molecule has 0 bridgehead atoms. The van der Waals surface area contributed by atoms with E-state index >= 15 is 8.78 Å². The number of benzene rings is 2. The van der Waals surface area contributed by atoms with E-state index in [0.29, 0.717) is 21.7 Å². The van der Waals surface area contributed by atoms with Crippen LogP contribution in [0.5, 0.6) is 0 Å². The van der Waals surface area contributed by atoms with E-state index in [-0.39, 0.29) is 11.2 Å². The van der Waals surface area contributed by atoms with E-state index in [9.17, 15) is 0 Å². The van der Waals surface area contributed by atoms with E-state index in [0.717, 1.165) is 10.2 Å². The molecule has 32 heavy (non-hydrogen) atoms. The Balaban J connectivity index is 1.53. The molecule has 0 atom stereocenters. The number of nitrogens with zero attached hydrogens (tertiary/aromatic N) is 6. The zero-order chi connectivity index (χ0) is 22.1. The van der Waals surface area contributed by atoms with E-state index in [1.165, 1.54) is 18.2 Å². The molecule has 3 heterocycles. The van der Waals surface area contributed by atoms with Crippen molar-refractivity contribution in [2.45, 2.75) is 5.92 Å². The molecule has 1 N–H and O–H groups in total. The number of alkyl halides is 2. The van der Waals surface area contributed by atoms with E-state index in [1.807, 2.05) is 30.3 Å². The molecule has 0 unspecified atom stereocenters. The minimum Gasteiger partial charge on any atom is -0.339 e. The predicted octanol–water partition coefficient (Wildman–Crippen LogP) is 5.23. The third-order valence-electron chi connectivity index (χ3n) is 4.69. The fraction of sp³-hybridized carbons (Fsp3) is 0.0455. The van der Waals surface area contributed by atoms with Crippen molar-refractivity contribution in [2.24, 2.45) is 0 Å². The van der Waals surface area contributed by atoms with Crippen LogP contribution in [-0.4, -0.2) is 29.8 Å². The fourth-order valence-corrected chi connectivity index (χ4v) is 3.37. The van der Waals surface area contributed by atoms with Gasteiger partial charge in [-0.25, -0.2) is 9.97 Å². The molecule has 0 aliphatic carbocycles. The third kappa shape index (κ3) is 3.80. The van der Waals surface area contributed by atoms with Gasteiger partial charge in [0.1, 0.15) is 0 Å². The SMILES string of the molecule is FC(F)(c1cccc(-c2ncc(Br)cn2)c1)c1nnc2ccc(Nc3ccccc3)nn12. The van der Waals surface area contributed by atoms with E-state index in [4.69, 9.17) is 0 Å². The molecular weight excluding hydrogens is 480 g/mol. The lowest BCUT2D eigenvalue weighted by Crippen LogP contribution is -2.20. The highest BCUT2D eigenvalue weighted by molar-refractivity contribution is 9.10. The molecule has 5 rings (SSSR count). The van der Waals surface area contributed by atoms with E-state index in [2.05, 4.69) is 46.5 Å². The molecule has 2 aromatic carbocycles. The van der Waals surface area contributed by atoms with Crippen LogP contribution >= 0.6 is 15.9 Å². The Bertz CT molecular complexity index is 1390. The van der Waals surface area contributed by atoms with Gasteiger partial charge in [0.05, 0.1) is 4.47 Å². The van der Waals surface area contributed by atoms with Crippen LogP contribution in [0.25, 0.3) is 17.0 Å². The molecule has 0 aliphatic heterocycles. The quantitative estimate of drug-likeness (QED) is 0.361. The van der Waals surface area contributed by atoms with Crippen molar-refractivity contribution in [1.82, 2.24) is 29.8 Å². The van der Waals surface area contributed by atoms with E-state index < -0.39 is 11.7 Å². The molecule has 0 amide bonds. The number of fused-ring (bicyclic) bond motifs is 1. The molecule has 0 spiro atoms. The summed E-state index contributed by atoms with van der Waals surface area (Å²) >= 11 is 3.26. The van der Waals surface area contributed by atoms with Crippen molar-refractivity contribution in [3.63, 3.8) is 0 Å². The summed E-state index contributed by atoms with van der Waals surface area (Å²) in [5.74, 6) is -3.32. The van der Waals surface area contributed by atoms with Gasteiger partial charge in [-0.05, 0) is 46.3 Å². The summed E-state index contributed by atoms with van der Waals surface area (Å²) in [6.45, 7) is 0. The Kier molecular flexibility index (Phi) is 5.06. The Morgan fingerprint density at radius 2 is 1.66 bits per heavy atom. The molecule has 7 nitrogen and oxygen atoms in total. The normalized spacial score (nSPS) is 11.6. The average molecular weight is 494 g/mol. The number of aromatic nitrogens is 6. The molecule has 0 fully saturated rings. The van der Waals surface area contributed by atoms with Crippen molar-refractivity contribution >= 4 is 33.1 Å². The Morgan fingerprint density at radius 3 is 2.44 bits per heavy atom. The first-order chi connectivity index (χ1) is 15.5. The van der Waals surface area contributed by atoms with Crippen molar-refractivity contribution in [3.8, 4) is 11.4 Å².